The minimum atomic E-state index is -0.478. The molecule has 0 radical (unpaired) electrons. The van der Waals surface area contributed by atoms with Crippen molar-refractivity contribution in [3.8, 4) is 5.69 Å². The second-order valence-electron chi connectivity index (χ2n) is 4.16. The number of ether oxygens (including phenoxy) is 2. The maximum Gasteiger partial charge on any atom is 0.341 e. The van der Waals surface area contributed by atoms with E-state index in [0.29, 0.717) is 22.5 Å². The molecule has 1 aromatic heterocycles. The van der Waals surface area contributed by atoms with Gasteiger partial charge in [0.25, 0.3) is 0 Å². The molecule has 0 saturated carbocycles. The molecule has 0 unspecified atom stereocenters. The highest BCUT2D eigenvalue weighted by Crippen LogP contribution is 2.19. The summed E-state index contributed by atoms with van der Waals surface area (Å²) in [5, 5.41) is 4.06. The summed E-state index contributed by atoms with van der Waals surface area (Å²) in [5.41, 5.74) is 7.42. The first kappa shape index (κ1) is 14.6. The summed E-state index contributed by atoms with van der Waals surface area (Å²) >= 11 is 0. The van der Waals surface area contributed by atoms with Crippen molar-refractivity contribution in [2.75, 3.05) is 19.5 Å². The lowest BCUT2D eigenvalue weighted by Gasteiger charge is -2.07. The molecule has 0 aliphatic heterocycles. The third kappa shape index (κ3) is 3.02. The molecular weight excluding hydrogens is 274 g/mol. The van der Waals surface area contributed by atoms with Gasteiger partial charge in [0.2, 0.25) is 0 Å². The van der Waals surface area contributed by atoms with E-state index in [9.17, 15) is 9.59 Å². The molecule has 0 amide bonds. The Balaban J connectivity index is 2.37. The molecule has 0 saturated heterocycles. The van der Waals surface area contributed by atoms with Crippen molar-refractivity contribution in [1.29, 1.82) is 0 Å². The summed E-state index contributed by atoms with van der Waals surface area (Å²) in [5.74, 6) is -0.944. The minimum Gasteiger partial charge on any atom is -0.465 e. The number of hydrogen-bond acceptors (Lipinski definition) is 6. The van der Waals surface area contributed by atoms with Crippen LogP contribution < -0.4 is 5.73 Å². The fourth-order valence-corrected chi connectivity index (χ4v) is 1.76. The number of nitrogens with two attached hydrogens (primary N) is 1. The van der Waals surface area contributed by atoms with Gasteiger partial charge in [-0.3, -0.25) is 0 Å². The predicted octanol–water partition coefficient (Wildman–Crippen LogP) is 1.42. The van der Waals surface area contributed by atoms with Crippen LogP contribution in [0, 0.1) is 0 Å². The molecule has 1 heterocycles. The number of hydrogen-bond donors (Lipinski definition) is 1. The molecule has 7 nitrogen and oxygen atoms in total. The van der Waals surface area contributed by atoms with E-state index in [1.807, 2.05) is 0 Å². The van der Waals surface area contributed by atoms with Crippen LogP contribution in [-0.2, 0) is 9.47 Å². The number of carbonyl (C=O) groups excluding carboxylic acids is 2. The van der Waals surface area contributed by atoms with Crippen molar-refractivity contribution in [3.63, 3.8) is 0 Å². The Labute approximate surface area is 121 Å². The molecule has 2 rings (SSSR count). The Kier molecular flexibility index (Phi) is 4.22. The number of methoxy groups -OCH3 is 1. The highest BCUT2D eigenvalue weighted by molar-refractivity contribution is 5.91. The van der Waals surface area contributed by atoms with Crippen molar-refractivity contribution in [3.05, 3.63) is 41.7 Å². The number of carbonyl (C=O) groups is 2. The topological polar surface area (TPSA) is 96.4 Å². The first-order valence-corrected chi connectivity index (χ1v) is 6.26. The van der Waals surface area contributed by atoms with E-state index in [1.165, 1.54) is 24.2 Å². The lowest BCUT2D eigenvalue weighted by atomic mass is 10.1. The molecule has 0 fully saturated rings. The number of anilines is 1. The minimum absolute atomic E-state index is 0.282. The SMILES string of the molecule is CCOC(=O)c1cnn(-c2cc(C(=O)OC)ccc2N)c1. The monoisotopic (exact) mass is 289 g/mol. The summed E-state index contributed by atoms with van der Waals surface area (Å²) in [4.78, 5) is 23.2. The van der Waals surface area contributed by atoms with Crippen molar-refractivity contribution >= 4 is 17.6 Å². The number of rotatable bonds is 4. The van der Waals surface area contributed by atoms with Gasteiger partial charge in [-0.05, 0) is 25.1 Å². The molecule has 0 aliphatic carbocycles. The maximum absolute atomic E-state index is 11.6. The summed E-state index contributed by atoms with van der Waals surface area (Å²) in [6.45, 7) is 2.00. The van der Waals surface area contributed by atoms with E-state index in [4.69, 9.17) is 10.5 Å². The molecule has 0 spiro atoms. The van der Waals surface area contributed by atoms with Crippen molar-refractivity contribution in [1.82, 2.24) is 9.78 Å². The van der Waals surface area contributed by atoms with Crippen LogP contribution in [0.4, 0.5) is 5.69 Å². The highest BCUT2D eigenvalue weighted by Gasteiger charge is 2.13. The summed E-state index contributed by atoms with van der Waals surface area (Å²) in [6, 6.07) is 4.68. The molecule has 2 N–H and O–H groups in total. The maximum atomic E-state index is 11.6. The van der Waals surface area contributed by atoms with Gasteiger partial charge in [0.05, 0.1) is 42.4 Å². The van der Waals surface area contributed by atoms with Crippen LogP contribution in [0.5, 0.6) is 0 Å². The third-order valence-corrected chi connectivity index (χ3v) is 2.79. The number of nitrogen functional groups attached to an aromatic ring is 1. The van der Waals surface area contributed by atoms with E-state index >= 15 is 0 Å². The molecule has 1 aromatic carbocycles. The van der Waals surface area contributed by atoms with Gasteiger partial charge in [-0.1, -0.05) is 0 Å². The Hall–Kier alpha value is -2.83. The molecular formula is C14H15N3O4. The van der Waals surface area contributed by atoms with Crippen LogP contribution in [0.25, 0.3) is 5.69 Å². The molecule has 7 heteroatoms. The van der Waals surface area contributed by atoms with Crippen molar-refractivity contribution < 1.29 is 19.1 Å². The number of nitrogens with zero attached hydrogens (tertiary/aromatic N) is 2. The van der Waals surface area contributed by atoms with Gasteiger partial charge < -0.3 is 15.2 Å². The normalized spacial score (nSPS) is 10.2. The third-order valence-electron chi connectivity index (χ3n) is 2.79. The first-order chi connectivity index (χ1) is 10.1. The quantitative estimate of drug-likeness (QED) is 0.675. The summed E-state index contributed by atoms with van der Waals surface area (Å²) in [7, 11) is 1.30. The van der Waals surface area contributed by atoms with Gasteiger partial charge in [-0.15, -0.1) is 0 Å². The summed E-state index contributed by atoms with van der Waals surface area (Å²) in [6.07, 6.45) is 2.87. The van der Waals surface area contributed by atoms with Gasteiger partial charge in [-0.2, -0.15) is 5.10 Å². The van der Waals surface area contributed by atoms with Crippen molar-refractivity contribution in [2.24, 2.45) is 0 Å². The van der Waals surface area contributed by atoms with Gasteiger partial charge in [-0.25, -0.2) is 14.3 Å². The lowest BCUT2D eigenvalue weighted by Crippen LogP contribution is -2.06. The largest absolute Gasteiger partial charge is 0.465 e. The second-order valence-corrected chi connectivity index (χ2v) is 4.16. The van der Waals surface area contributed by atoms with Crippen LogP contribution in [0.3, 0.4) is 0 Å². The fourth-order valence-electron chi connectivity index (χ4n) is 1.76. The zero-order chi connectivity index (χ0) is 15.4. The molecule has 0 bridgehead atoms. The molecule has 21 heavy (non-hydrogen) atoms. The van der Waals surface area contributed by atoms with Crippen LogP contribution in [0.15, 0.2) is 30.6 Å². The van der Waals surface area contributed by atoms with Crippen molar-refractivity contribution in [2.45, 2.75) is 6.92 Å². The van der Waals surface area contributed by atoms with Crippen LogP contribution in [0.2, 0.25) is 0 Å². The second kappa shape index (κ2) is 6.08. The van der Waals surface area contributed by atoms with Gasteiger partial charge in [0.1, 0.15) is 0 Å². The highest BCUT2D eigenvalue weighted by atomic mass is 16.5. The zero-order valence-electron chi connectivity index (χ0n) is 11.7. The van der Waals surface area contributed by atoms with E-state index < -0.39 is 11.9 Å². The standard InChI is InChI=1S/C14H15N3O4/c1-3-21-14(19)10-7-16-17(8-10)12-6-9(13(18)20-2)4-5-11(12)15/h4-8H,3,15H2,1-2H3. The lowest BCUT2D eigenvalue weighted by molar-refractivity contribution is 0.0525. The molecule has 110 valence electrons. The Morgan fingerprint density at radius 2 is 2.05 bits per heavy atom. The predicted molar refractivity (Wildman–Crippen MR) is 75.3 cm³/mol. The van der Waals surface area contributed by atoms with E-state index in [2.05, 4.69) is 9.84 Å². The Morgan fingerprint density at radius 1 is 1.29 bits per heavy atom. The molecule has 0 atom stereocenters. The van der Waals surface area contributed by atoms with Gasteiger partial charge in [0.15, 0.2) is 0 Å². The first-order valence-electron chi connectivity index (χ1n) is 6.26. The number of esters is 2. The molecule has 0 aliphatic rings. The number of benzene rings is 1. The smallest absolute Gasteiger partial charge is 0.341 e. The Morgan fingerprint density at radius 3 is 2.71 bits per heavy atom. The average molecular weight is 289 g/mol. The van der Waals surface area contributed by atoms with Gasteiger partial charge in [0, 0.05) is 6.20 Å². The average Bonchev–Trinajstić information content (AvgIpc) is 2.97. The Bertz CT molecular complexity index is 679. The van der Waals surface area contributed by atoms with Crippen LogP contribution in [0.1, 0.15) is 27.6 Å². The van der Waals surface area contributed by atoms with E-state index in [1.54, 1.807) is 25.1 Å². The van der Waals surface area contributed by atoms with Crippen LogP contribution in [-0.4, -0.2) is 35.4 Å². The zero-order valence-corrected chi connectivity index (χ0v) is 11.7. The summed E-state index contributed by atoms with van der Waals surface area (Å²) < 4.78 is 11.0. The van der Waals surface area contributed by atoms with Crippen LogP contribution >= 0.6 is 0 Å². The molecule has 2 aromatic rings. The number of aromatic nitrogens is 2. The fraction of sp³-hybridized carbons (Fsp3) is 0.214. The van der Waals surface area contributed by atoms with Gasteiger partial charge >= 0.3 is 11.9 Å². The van der Waals surface area contributed by atoms with E-state index in [0.717, 1.165) is 0 Å². The van der Waals surface area contributed by atoms with E-state index in [-0.39, 0.29) is 6.61 Å².